The zero-order chi connectivity index (χ0) is 5.11. The van der Waals surface area contributed by atoms with Crippen molar-refractivity contribution in [3.63, 3.8) is 0 Å². The van der Waals surface area contributed by atoms with E-state index in [2.05, 4.69) is 9.99 Å². The molecule has 0 aromatic heterocycles. The average Bonchev–Trinajstić information content (AvgIpc) is 1.69. The molecule has 0 bridgehead atoms. The molecule has 0 N–H and O–H groups in total. The van der Waals surface area contributed by atoms with Gasteiger partial charge in [-0.3, -0.25) is 0 Å². The van der Waals surface area contributed by atoms with Gasteiger partial charge in [0.05, 0.1) is 0 Å². The Bertz CT molecular complexity index is 89.7. The van der Waals surface area contributed by atoms with Gasteiger partial charge >= 0.3 is 0 Å². The molecule has 1 rings (SSSR count). The maximum atomic E-state index is 4.90. The van der Waals surface area contributed by atoms with Gasteiger partial charge in [0.25, 0.3) is 0 Å². The lowest BCUT2D eigenvalue weighted by molar-refractivity contribution is 0.0639. The van der Waals surface area contributed by atoms with Crippen LogP contribution >= 0.6 is 0 Å². The first kappa shape index (κ1) is 4.43. The summed E-state index contributed by atoms with van der Waals surface area (Å²) in [6, 6.07) is 0. The molecule has 0 radical (unpaired) electrons. The first-order chi connectivity index (χ1) is 3.39. The Morgan fingerprint density at radius 1 is 1.57 bits per heavy atom. The third-order valence-electron chi connectivity index (χ3n) is 0.679. The summed E-state index contributed by atoms with van der Waals surface area (Å²) in [5.41, 5.74) is 0. The van der Waals surface area contributed by atoms with E-state index in [9.17, 15) is 0 Å². The Morgan fingerprint density at radius 2 is 2.43 bits per heavy atom. The summed E-state index contributed by atoms with van der Waals surface area (Å²) in [4.78, 5) is 4.64. The van der Waals surface area contributed by atoms with E-state index in [0.717, 1.165) is 0 Å². The monoisotopic (exact) mass is 101 g/mol. The zero-order valence-corrected chi connectivity index (χ0v) is 4.18. The van der Waals surface area contributed by atoms with Crippen LogP contribution in [0.5, 0.6) is 0 Å². The van der Waals surface area contributed by atoms with E-state index >= 15 is 0 Å². The highest BCUT2D eigenvalue weighted by atomic mass is 16.7. The van der Waals surface area contributed by atoms with Gasteiger partial charge in [-0.05, 0) is 0 Å². The molecule has 0 saturated heterocycles. The molecule has 0 amide bonds. The minimum atomic E-state index is 0.581. The standard InChI is InChI=1S/C4H7NO2/c1-4-5-7-3-2-6-4/h2-3H2,1H3. The quantitative estimate of drug-likeness (QED) is 0.441. The predicted octanol–water partition coefficient (Wildman–Crippen LogP) is 0.367. The maximum Gasteiger partial charge on any atom is 0.222 e. The van der Waals surface area contributed by atoms with Crippen LogP contribution in [-0.4, -0.2) is 19.1 Å². The molecule has 0 saturated carbocycles. The van der Waals surface area contributed by atoms with Crippen molar-refractivity contribution in [3.8, 4) is 0 Å². The van der Waals surface area contributed by atoms with E-state index in [-0.39, 0.29) is 0 Å². The number of rotatable bonds is 0. The second kappa shape index (κ2) is 1.82. The van der Waals surface area contributed by atoms with Crippen molar-refractivity contribution in [1.29, 1.82) is 0 Å². The van der Waals surface area contributed by atoms with Gasteiger partial charge < -0.3 is 9.57 Å². The molecule has 0 aromatic rings. The Labute approximate surface area is 41.9 Å². The van der Waals surface area contributed by atoms with Crippen LogP contribution in [0, 0.1) is 0 Å². The molecule has 0 aromatic carbocycles. The molecule has 0 aliphatic carbocycles. The van der Waals surface area contributed by atoms with Gasteiger partial charge in [0.2, 0.25) is 5.90 Å². The molecule has 0 unspecified atom stereocenters. The number of hydrogen-bond donors (Lipinski definition) is 0. The molecular weight excluding hydrogens is 94.0 g/mol. The van der Waals surface area contributed by atoms with Gasteiger partial charge in [-0.1, -0.05) is 5.16 Å². The lowest BCUT2D eigenvalue weighted by Gasteiger charge is -2.08. The average molecular weight is 101 g/mol. The Kier molecular flexibility index (Phi) is 1.15. The van der Waals surface area contributed by atoms with Crippen LogP contribution in [0.15, 0.2) is 5.16 Å². The molecule has 1 aliphatic heterocycles. The van der Waals surface area contributed by atoms with Crippen molar-refractivity contribution in [2.24, 2.45) is 5.16 Å². The van der Waals surface area contributed by atoms with Crippen molar-refractivity contribution in [2.75, 3.05) is 13.2 Å². The Balaban J connectivity index is 2.40. The van der Waals surface area contributed by atoms with E-state index in [1.165, 1.54) is 0 Å². The smallest absolute Gasteiger partial charge is 0.222 e. The van der Waals surface area contributed by atoms with Gasteiger partial charge in [-0.15, -0.1) is 0 Å². The van der Waals surface area contributed by atoms with Crippen LogP contribution in [0.1, 0.15) is 6.92 Å². The highest BCUT2D eigenvalue weighted by molar-refractivity contribution is 5.72. The zero-order valence-electron chi connectivity index (χ0n) is 4.18. The predicted molar refractivity (Wildman–Crippen MR) is 25.0 cm³/mol. The van der Waals surface area contributed by atoms with Crippen LogP contribution in [-0.2, 0) is 9.57 Å². The topological polar surface area (TPSA) is 30.8 Å². The van der Waals surface area contributed by atoms with E-state index in [1.807, 2.05) is 0 Å². The molecule has 40 valence electrons. The largest absolute Gasteiger partial charge is 0.475 e. The molecule has 3 heteroatoms. The third-order valence-corrected chi connectivity index (χ3v) is 0.679. The molecule has 0 atom stereocenters. The van der Waals surface area contributed by atoms with Crippen LogP contribution in [0.4, 0.5) is 0 Å². The van der Waals surface area contributed by atoms with E-state index in [0.29, 0.717) is 19.1 Å². The Morgan fingerprint density at radius 3 is 2.71 bits per heavy atom. The summed E-state index contributed by atoms with van der Waals surface area (Å²) in [6.45, 7) is 2.98. The minimum absolute atomic E-state index is 0.581. The van der Waals surface area contributed by atoms with Crippen LogP contribution in [0.3, 0.4) is 0 Å². The molecule has 0 fully saturated rings. The number of oxime groups is 1. The molecular formula is C4H7NO2. The molecule has 1 heterocycles. The molecule has 7 heavy (non-hydrogen) atoms. The van der Waals surface area contributed by atoms with Crippen LogP contribution in [0.25, 0.3) is 0 Å². The fourth-order valence-electron chi connectivity index (χ4n) is 0.390. The summed E-state index contributed by atoms with van der Waals surface area (Å²) in [7, 11) is 0. The van der Waals surface area contributed by atoms with Crippen molar-refractivity contribution < 1.29 is 9.57 Å². The fraction of sp³-hybridized carbons (Fsp3) is 0.750. The molecule has 1 aliphatic rings. The summed E-state index contributed by atoms with van der Waals surface area (Å²) < 4.78 is 4.90. The van der Waals surface area contributed by atoms with Gasteiger partial charge in [-0.2, -0.15) is 0 Å². The number of hydrogen-bond acceptors (Lipinski definition) is 3. The third kappa shape index (κ3) is 1.07. The van der Waals surface area contributed by atoms with Gasteiger partial charge in [0.1, 0.15) is 6.61 Å². The van der Waals surface area contributed by atoms with Crippen LogP contribution < -0.4 is 0 Å². The van der Waals surface area contributed by atoms with E-state index < -0.39 is 0 Å². The van der Waals surface area contributed by atoms with E-state index in [4.69, 9.17) is 4.74 Å². The van der Waals surface area contributed by atoms with E-state index in [1.54, 1.807) is 6.92 Å². The summed E-state index contributed by atoms with van der Waals surface area (Å²) >= 11 is 0. The summed E-state index contributed by atoms with van der Waals surface area (Å²) in [5, 5.41) is 3.52. The summed E-state index contributed by atoms with van der Waals surface area (Å²) in [5.74, 6) is 0.617. The van der Waals surface area contributed by atoms with Crippen LogP contribution in [0.2, 0.25) is 0 Å². The first-order valence-electron chi connectivity index (χ1n) is 2.19. The number of ether oxygens (including phenoxy) is 1. The summed E-state index contributed by atoms with van der Waals surface area (Å²) in [6.07, 6.45) is 0. The molecule has 0 spiro atoms. The van der Waals surface area contributed by atoms with Crippen molar-refractivity contribution in [1.82, 2.24) is 0 Å². The fourth-order valence-corrected chi connectivity index (χ4v) is 0.390. The molecule has 3 nitrogen and oxygen atoms in total. The van der Waals surface area contributed by atoms with Gasteiger partial charge in [-0.25, -0.2) is 0 Å². The maximum absolute atomic E-state index is 4.90. The second-order valence-corrected chi connectivity index (χ2v) is 1.29. The lowest BCUT2D eigenvalue weighted by atomic mass is 10.7. The first-order valence-corrected chi connectivity index (χ1v) is 2.19. The van der Waals surface area contributed by atoms with Gasteiger partial charge in [0.15, 0.2) is 6.61 Å². The number of nitrogens with zero attached hydrogens (tertiary/aromatic N) is 1. The normalized spacial score (nSPS) is 19.3. The second-order valence-electron chi connectivity index (χ2n) is 1.29. The van der Waals surface area contributed by atoms with Gasteiger partial charge in [0, 0.05) is 6.92 Å². The minimum Gasteiger partial charge on any atom is -0.475 e. The highest BCUT2D eigenvalue weighted by Gasteiger charge is 1.97. The highest BCUT2D eigenvalue weighted by Crippen LogP contribution is 1.90. The van der Waals surface area contributed by atoms with Crippen molar-refractivity contribution in [3.05, 3.63) is 0 Å². The SMILES string of the molecule is CC1=NOCCO1. The lowest BCUT2D eigenvalue weighted by Crippen LogP contribution is -2.12. The van der Waals surface area contributed by atoms with Crippen molar-refractivity contribution in [2.45, 2.75) is 6.92 Å². The van der Waals surface area contributed by atoms with Crippen molar-refractivity contribution >= 4 is 5.90 Å². The Hall–Kier alpha value is -0.730.